The number of ether oxygens (including phenoxy) is 1. The number of halogens is 4. The molecular weight excluding hydrogens is 1330 g/mol. The minimum absolute atomic E-state index is 0.00102. The van der Waals surface area contributed by atoms with Crippen molar-refractivity contribution in [3.8, 4) is 0 Å². The number of fused-ring (bicyclic) bond motifs is 1. The maximum absolute atomic E-state index is 15.8. The predicted molar refractivity (Wildman–Crippen MR) is 372 cm³/mol. The van der Waals surface area contributed by atoms with Crippen LogP contribution < -0.4 is 16.0 Å². The number of likely N-dealkylation sites (tertiary alicyclic amines) is 1. The fourth-order valence-corrected chi connectivity index (χ4v) is 17.2. The number of hydrogen-bond acceptors (Lipinski definition) is 13. The molecule has 0 radical (unpaired) electrons. The molecule has 11 atom stereocenters. The van der Waals surface area contributed by atoms with Gasteiger partial charge in [0.15, 0.2) is 0 Å². The van der Waals surface area contributed by atoms with Crippen molar-refractivity contribution < 1.29 is 75.4 Å². The van der Waals surface area contributed by atoms with E-state index in [9.17, 15) is 41.9 Å². The van der Waals surface area contributed by atoms with E-state index in [0.717, 1.165) is 72.5 Å². The van der Waals surface area contributed by atoms with Crippen LogP contribution in [0.25, 0.3) is 0 Å². The summed E-state index contributed by atoms with van der Waals surface area (Å²) in [6.45, 7) is 4.36. The molecule has 3 aliphatic heterocycles. The molecule has 0 bridgehead atoms. The topological polar surface area (TPSA) is 279 Å². The molecule has 0 aromatic carbocycles. The van der Waals surface area contributed by atoms with Crippen molar-refractivity contribution in [2.24, 2.45) is 29.6 Å². The third kappa shape index (κ3) is 21.0. The van der Waals surface area contributed by atoms with E-state index in [2.05, 4.69) is 16.0 Å². The van der Waals surface area contributed by atoms with E-state index < -0.39 is 174 Å². The lowest BCUT2D eigenvalue weighted by Gasteiger charge is -2.43. The molecule has 7 rings (SSSR count). The minimum Gasteiger partial charge on any atom is -0.379 e. The molecule has 3 N–H and O–H groups in total. The van der Waals surface area contributed by atoms with Gasteiger partial charge in [0.1, 0.15) is 47.8 Å². The molecule has 3 heterocycles. The highest BCUT2D eigenvalue weighted by molar-refractivity contribution is 6.21. The normalized spacial score (nSPS) is 29.9. The summed E-state index contributed by atoms with van der Waals surface area (Å²) in [5.74, 6) is -10.4. The Morgan fingerprint density at radius 2 is 1.18 bits per heavy atom. The molecule has 1 spiro atoms. The maximum Gasteiger partial charge on any atom is 0.393 e. The molecular formula is C72H116ClF3N12O13. The van der Waals surface area contributed by atoms with Gasteiger partial charge >= 0.3 is 6.18 Å². The summed E-state index contributed by atoms with van der Waals surface area (Å²) < 4.78 is 47.7. The maximum atomic E-state index is 15.8. The van der Waals surface area contributed by atoms with Crippen molar-refractivity contribution in [3.63, 3.8) is 0 Å². The molecule has 29 heteroatoms. The molecule has 12 amide bonds. The number of hydrogen-bond donors (Lipinski definition) is 3. The highest BCUT2D eigenvalue weighted by atomic mass is 35.5. The first kappa shape index (κ1) is 82.0. The Morgan fingerprint density at radius 1 is 0.584 bits per heavy atom. The van der Waals surface area contributed by atoms with Crippen LogP contribution in [0.15, 0.2) is 0 Å². The second kappa shape index (κ2) is 36.9. The monoisotopic (exact) mass is 1450 g/mol. The molecule has 4 saturated carbocycles. The molecule has 101 heavy (non-hydrogen) atoms. The van der Waals surface area contributed by atoms with Crippen LogP contribution in [0.5, 0.6) is 0 Å². The van der Waals surface area contributed by atoms with Gasteiger partial charge in [0.05, 0.1) is 38.1 Å². The number of amides is 12. The van der Waals surface area contributed by atoms with Crippen LogP contribution in [-0.2, 0) is 62.3 Å². The molecule has 7 fully saturated rings. The highest BCUT2D eigenvalue weighted by Crippen LogP contribution is 2.44. The molecule has 570 valence electrons. The van der Waals surface area contributed by atoms with E-state index in [0.29, 0.717) is 58.0 Å². The predicted octanol–water partition coefficient (Wildman–Crippen LogP) is 5.47. The zero-order valence-corrected chi connectivity index (χ0v) is 62.5. The summed E-state index contributed by atoms with van der Waals surface area (Å²) in [5.41, 5.74) is -1.56. The van der Waals surface area contributed by atoms with Crippen LogP contribution in [0.3, 0.4) is 0 Å². The zero-order chi connectivity index (χ0) is 74.4. The number of methoxy groups -OCH3 is 1. The van der Waals surface area contributed by atoms with Crippen LogP contribution in [-0.4, -0.2) is 276 Å². The standard InChI is InChI=1S/C72H116ClF3N12O13/c1-45(2)38-54-63(93)78-61(46(3)101-11)68(98)82(6)43-59(91)80(4)44-60(92)84(8)55(40-47-24-15-12-16-25-47)66(96)81(5)42-57(89)77-52(32-30-48-29-31-50(51(73)39-48)72(74,75)76)65(95)88-37-23-28-53(88)64(94)79-71(33-19-20-34-71)70(100)86(10)62(49-26-17-13-18-27-49)69(99)85(9)56(41-58(90)83(54)7)67(97)87-35-21-14-22-36-87/h45-56,61-62H,12-44H2,1-11H3,(H,77,89)(H,78,93)(H,79,94)/t46-,48?,50?,51?,52+,53+,54+,55+,56+,61+,62+/m1/s1. The van der Waals surface area contributed by atoms with Crippen molar-refractivity contribution in [1.29, 1.82) is 0 Å². The van der Waals surface area contributed by atoms with Crippen molar-refractivity contribution in [1.82, 2.24) is 60.0 Å². The number of alkyl halides is 4. The lowest BCUT2D eigenvalue weighted by Crippen LogP contribution is -2.65. The SMILES string of the molecule is CO[C@H](C)[C@@H]1NC(=O)[C@H](CC(C)C)N(C)C(=O)C[C@@H](C(=O)N2CCCCC2)N(C)C(=O)[C@H](C2CCCCC2)N(C)C(=O)C2(CCCC2)NC(=O)[C@@H]2CCCN2C(=O)[C@H](CCC2CCC(C(F)(F)F)C(Cl)C2)NC(=O)CN(C)C(=O)[C@H](CC2CCCCC2)N(C)C(=O)CN(C)C(=O)CN(C)C1=O. The van der Waals surface area contributed by atoms with Gasteiger partial charge in [-0.15, -0.1) is 11.6 Å². The Balaban J connectivity index is 1.28. The first-order chi connectivity index (χ1) is 47.7. The van der Waals surface area contributed by atoms with E-state index >= 15 is 28.8 Å². The van der Waals surface area contributed by atoms with Gasteiger partial charge in [0.2, 0.25) is 70.9 Å². The van der Waals surface area contributed by atoms with Gasteiger partial charge in [-0.3, -0.25) is 57.5 Å². The fraction of sp³-hybridized carbons (Fsp3) is 0.833. The molecule has 3 saturated heterocycles. The average Bonchev–Trinajstić information content (AvgIpc) is 1.74. The Labute approximate surface area is 600 Å². The van der Waals surface area contributed by atoms with E-state index in [1.165, 1.54) is 80.9 Å². The van der Waals surface area contributed by atoms with Crippen LogP contribution in [0, 0.1) is 29.6 Å². The number of rotatable bonds is 11. The van der Waals surface area contributed by atoms with Gasteiger partial charge in [-0.1, -0.05) is 78.1 Å². The van der Waals surface area contributed by atoms with Crippen LogP contribution >= 0.6 is 11.6 Å². The van der Waals surface area contributed by atoms with E-state index in [4.69, 9.17) is 16.3 Å². The minimum atomic E-state index is -4.51. The summed E-state index contributed by atoms with van der Waals surface area (Å²) in [6.07, 6.45) is 6.33. The molecule has 7 aliphatic rings. The van der Waals surface area contributed by atoms with E-state index in [1.807, 2.05) is 13.8 Å². The molecule has 0 aromatic heterocycles. The quantitative estimate of drug-likeness (QED) is 0.217. The molecule has 4 aliphatic carbocycles. The summed E-state index contributed by atoms with van der Waals surface area (Å²) in [6, 6.07) is -8.85. The van der Waals surface area contributed by atoms with Crippen molar-refractivity contribution in [2.45, 2.75) is 260 Å². The molecule has 25 nitrogen and oxygen atoms in total. The summed E-state index contributed by atoms with van der Waals surface area (Å²) in [7, 11) is 11.3. The number of carbonyl (C=O) groups is 12. The van der Waals surface area contributed by atoms with Gasteiger partial charge in [-0.05, 0) is 133 Å². The van der Waals surface area contributed by atoms with Gasteiger partial charge in [0, 0.05) is 81.5 Å². The van der Waals surface area contributed by atoms with Gasteiger partial charge < -0.3 is 64.8 Å². The largest absolute Gasteiger partial charge is 0.393 e. The Hall–Kier alpha value is -6.32. The molecule has 3 unspecified atom stereocenters. The first-order valence-corrected chi connectivity index (χ1v) is 37.7. The Bertz CT molecular complexity index is 2920. The van der Waals surface area contributed by atoms with Gasteiger partial charge in [-0.2, -0.15) is 13.2 Å². The third-order valence-corrected chi connectivity index (χ3v) is 23.6. The summed E-state index contributed by atoms with van der Waals surface area (Å²) in [5, 5.41) is 7.51. The summed E-state index contributed by atoms with van der Waals surface area (Å²) >= 11 is 6.41. The lowest BCUT2D eigenvalue weighted by atomic mass is 9.78. The number of likely N-dealkylation sites (N-methyl/N-ethyl adjacent to an activating group) is 7. The lowest BCUT2D eigenvalue weighted by molar-refractivity contribution is -0.182. The highest BCUT2D eigenvalue weighted by Gasteiger charge is 2.52. The van der Waals surface area contributed by atoms with E-state index in [-0.39, 0.29) is 88.5 Å². The number of carbonyl (C=O) groups excluding carboxylic acids is 12. The second-order valence-electron chi connectivity index (χ2n) is 30.8. The van der Waals surface area contributed by atoms with Gasteiger partial charge in [-0.25, -0.2) is 0 Å². The zero-order valence-electron chi connectivity index (χ0n) is 61.8. The third-order valence-electron chi connectivity index (χ3n) is 23.1. The van der Waals surface area contributed by atoms with Crippen molar-refractivity contribution >= 4 is 82.5 Å². The van der Waals surface area contributed by atoms with Crippen molar-refractivity contribution in [3.05, 3.63) is 0 Å². The van der Waals surface area contributed by atoms with Crippen molar-refractivity contribution in [2.75, 3.05) is 95.7 Å². The summed E-state index contributed by atoms with van der Waals surface area (Å²) in [4.78, 5) is 191. The van der Waals surface area contributed by atoms with Crippen LogP contribution in [0.4, 0.5) is 13.2 Å². The first-order valence-electron chi connectivity index (χ1n) is 37.2. The Kier molecular flexibility index (Phi) is 29.9. The van der Waals surface area contributed by atoms with Crippen LogP contribution in [0.1, 0.15) is 194 Å². The number of piperidine rings is 1. The van der Waals surface area contributed by atoms with Crippen LogP contribution in [0.2, 0.25) is 0 Å². The average molecular weight is 1450 g/mol. The Morgan fingerprint density at radius 3 is 1.78 bits per heavy atom. The number of nitrogens with zero attached hydrogens (tertiary/aromatic N) is 9. The molecule has 0 aromatic rings. The second-order valence-corrected chi connectivity index (χ2v) is 31.4. The van der Waals surface area contributed by atoms with E-state index in [1.54, 1.807) is 11.8 Å². The number of nitrogens with one attached hydrogen (secondary N) is 3. The van der Waals surface area contributed by atoms with Gasteiger partial charge in [0.25, 0.3) is 0 Å². The fourth-order valence-electron chi connectivity index (χ4n) is 16.7. The smallest absolute Gasteiger partial charge is 0.379 e.